The number of rotatable bonds is 14. The normalized spacial score (nSPS) is 17.9. The number of aliphatic hydroxyl groups is 1. The number of esters is 1. The number of benzene rings is 3. The second-order valence-corrected chi connectivity index (χ2v) is 7.75. The molecule has 3 aromatic carbocycles. The molecule has 8 heteroatoms. The Kier molecular flexibility index (Phi) is 8.91. The minimum absolute atomic E-state index is 0.202. The molecule has 36 heavy (non-hydrogen) atoms. The summed E-state index contributed by atoms with van der Waals surface area (Å²) >= 11 is 0. The van der Waals surface area contributed by atoms with Gasteiger partial charge < -0.3 is 24.1 Å². The Bertz CT molecular complexity index is 1140. The Morgan fingerprint density at radius 1 is 0.833 bits per heavy atom. The van der Waals surface area contributed by atoms with Crippen molar-refractivity contribution in [2.75, 3.05) is 13.7 Å². The lowest BCUT2D eigenvalue weighted by molar-refractivity contribution is -0.244. The van der Waals surface area contributed by atoms with Crippen LogP contribution in [0.1, 0.15) is 20.8 Å². The van der Waals surface area contributed by atoms with Gasteiger partial charge in [0, 0.05) is 0 Å². The smallest absolute Gasteiger partial charge is 0.337 e. The number of hydrogen-bond acceptors (Lipinski definition) is 6. The maximum absolute atomic E-state index is 15.9. The van der Waals surface area contributed by atoms with Crippen molar-refractivity contribution in [3.63, 3.8) is 0 Å². The second kappa shape index (κ2) is 13.8. The lowest BCUT2D eigenvalue weighted by atomic mass is 10.0. The molecule has 0 aliphatic rings. The molecule has 0 saturated heterocycles. The van der Waals surface area contributed by atoms with Gasteiger partial charge in [0.2, 0.25) is 0 Å². The SMILES string of the molecule is [2H]C(OC[C@@H](O)C(F)(F)[C@H](OC([2H])c1ccccc1)[C@@H](OC([2H])c1ccccc1)C(=O)OC)c1ccccc1. The summed E-state index contributed by atoms with van der Waals surface area (Å²) in [6.07, 6.45) is -7.35. The van der Waals surface area contributed by atoms with Crippen LogP contribution in [0.2, 0.25) is 0 Å². The molecule has 0 fully saturated rings. The number of alkyl halides is 2. The average Bonchev–Trinajstić information content (AvgIpc) is 2.97. The number of ether oxygens (including phenoxy) is 4. The summed E-state index contributed by atoms with van der Waals surface area (Å²) in [6, 6.07) is 23.8. The summed E-state index contributed by atoms with van der Waals surface area (Å²) < 4.78 is 77.1. The molecule has 192 valence electrons. The Balaban J connectivity index is 1.89. The minimum atomic E-state index is -4.25. The van der Waals surface area contributed by atoms with Gasteiger partial charge in [-0.25, -0.2) is 13.6 Å². The lowest BCUT2D eigenvalue weighted by Crippen LogP contribution is -2.56. The maximum Gasteiger partial charge on any atom is 0.337 e. The predicted molar refractivity (Wildman–Crippen MR) is 129 cm³/mol. The Morgan fingerprint density at radius 3 is 1.75 bits per heavy atom. The molecule has 0 spiro atoms. The number of hydrogen-bond donors (Lipinski definition) is 1. The van der Waals surface area contributed by atoms with E-state index in [9.17, 15) is 9.90 Å². The first-order valence-electron chi connectivity index (χ1n) is 12.9. The molecule has 0 aliphatic heterocycles. The number of aliphatic hydroxyl groups excluding tert-OH is 1. The fourth-order valence-corrected chi connectivity index (χ4v) is 3.17. The zero-order chi connectivity index (χ0) is 28.4. The molecule has 3 aromatic rings. The van der Waals surface area contributed by atoms with E-state index >= 15 is 8.78 Å². The van der Waals surface area contributed by atoms with Gasteiger partial charge in [-0.05, 0) is 16.7 Å². The Hall–Kier alpha value is -3.17. The first-order valence-corrected chi connectivity index (χ1v) is 11.1. The van der Waals surface area contributed by atoms with Crippen LogP contribution in [0, 0.1) is 0 Å². The van der Waals surface area contributed by atoms with E-state index < -0.39 is 56.6 Å². The quantitative estimate of drug-likeness (QED) is 0.326. The van der Waals surface area contributed by atoms with Gasteiger partial charge in [-0.3, -0.25) is 0 Å². The lowest BCUT2D eigenvalue weighted by Gasteiger charge is -2.34. The molecule has 3 unspecified atom stereocenters. The Labute approximate surface area is 213 Å². The van der Waals surface area contributed by atoms with Crippen molar-refractivity contribution < 1.29 is 41.7 Å². The summed E-state index contributed by atoms with van der Waals surface area (Å²) in [5, 5.41) is 10.5. The van der Waals surface area contributed by atoms with E-state index in [1.54, 1.807) is 66.7 Å². The Morgan fingerprint density at radius 2 is 1.28 bits per heavy atom. The fourth-order valence-electron chi connectivity index (χ4n) is 3.17. The van der Waals surface area contributed by atoms with Crippen LogP contribution in [0.4, 0.5) is 8.78 Å². The molecule has 0 amide bonds. The zero-order valence-electron chi connectivity index (χ0n) is 22.6. The number of carbonyl (C=O) groups is 1. The summed E-state index contributed by atoms with van der Waals surface area (Å²) in [7, 11) is 0.953. The van der Waals surface area contributed by atoms with Crippen LogP contribution in [0.5, 0.6) is 0 Å². The van der Waals surface area contributed by atoms with E-state index in [1.807, 2.05) is 0 Å². The van der Waals surface area contributed by atoms with E-state index in [1.165, 1.54) is 24.3 Å². The van der Waals surface area contributed by atoms with E-state index in [4.69, 9.17) is 18.3 Å². The number of methoxy groups -OCH3 is 1. The standard InChI is InChI=1S/C28H30F2O6/c1-33-27(32)25(35-18-22-13-7-3-8-14-22)26(36-19-23-15-9-4-10-16-23)28(29,30)24(31)20-34-17-21-11-5-2-6-12-21/h2-16,24-26,31H,17-20H2,1H3/t24-,25-,26-/m1/s1/i17D,18D,19D/t17?,18?,19?,24-,25-,26-. The van der Waals surface area contributed by atoms with Crippen molar-refractivity contribution in [2.45, 2.75) is 44.0 Å². The topological polar surface area (TPSA) is 74.2 Å². The highest BCUT2D eigenvalue weighted by atomic mass is 19.3. The molecule has 6 nitrogen and oxygen atoms in total. The molecular weight excluding hydrogens is 470 g/mol. The van der Waals surface area contributed by atoms with Gasteiger partial charge in [-0.1, -0.05) is 91.0 Å². The van der Waals surface area contributed by atoms with Gasteiger partial charge in [0.05, 0.1) is 37.6 Å². The van der Waals surface area contributed by atoms with Gasteiger partial charge in [0.25, 0.3) is 0 Å². The predicted octanol–water partition coefficient (Wildman–Crippen LogP) is 4.54. The second-order valence-electron chi connectivity index (χ2n) is 7.75. The molecule has 0 saturated carbocycles. The maximum atomic E-state index is 15.9. The number of carbonyl (C=O) groups excluding carboxylic acids is 1. The van der Waals surface area contributed by atoms with Gasteiger partial charge in [0.1, 0.15) is 6.10 Å². The molecule has 0 bridgehead atoms. The monoisotopic (exact) mass is 503 g/mol. The van der Waals surface area contributed by atoms with Crippen molar-refractivity contribution in [3.05, 3.63) is 108 Å². The van der Waals surface area contributed by atoms with Gasteiger partial charge in [-0.15, -0.1) is 0 Å². The van der Waals surface area contributed by atoms with Crippen LogP contribution in [0.15, 0.2) is 91.0 Å². The minimum Gasteiger partial charge on any atom is -0.467 e. The van der Waals surface area contributed by atoms with Crippen molar-refractivity contribution >= 4 is 5.97 Å². The van der Waals surface area contributed by atoms with Crippen LogP contribution in [0.3, 0.4) is 0 Å². The first kappa shape index (κ1) is 23.2. The van der Waals surface area contributed by atoms with Crippen molar-refractivity contribution in [2.24, 2.45) is 0 Å². The van der Waals surface area contributed by atoms with Crippen LogP contribution >= 0.6 is 0 Å². The summed E-state index contributed by atoms with van der Waals surface area (Å²) in [6.45, 7) is -5.67. The third kappa shape index (κ3) is 7.93. The van der Waals surface area contributed by atoms with E-state index in [0.29, 0.717) is 5.56 Å². The van der Waals surface area contributed by atoms with Crippen LogP contribution in [0.25, 0.3) is 0 Å². The zero-order valence-corrected chi connectivity index (χ0v) is 19.6. The van der Waals surface area contributed by atoms with Crippen molar-refractivity contribution in [3.8, 4) is 0 Å². The van der Waals surface area contributed by atoms with Crippen molar-refractivity contribution in [1.82, 2.24) is 0 Å². The third-order valence-corrected chi connectivity index (χ3v) is 5.11. The third-order valence-electron chi connectivity index (χ3n) is 5.11. The summed E-state index contributed by atoms with van der Waals surface area (Å²) in [4.78, 5) is 12.7. The summed E-state index contributed by atoms with van der Waals surface area (Å²) in [5.41, 5.74) is 0.850. The van der Waals surface area contributed by atoms with Crippen LogP contribution in [-0.2, 0) is 43.5 Å². The highest BCUT2D eigenvalue weighted by Crippen LogP contribution is 2.31. The summed E-state index contributed by atoms with van der Waals surface area (Å²) in [5.74, 6) is -5.54. The average molecular weight is 504 g/mol. The first-order chi connectivity index (χ1) is 18.6. The van der Waals surface area contributed by atoms with Gasteiger partial charge in [0.15, 0.2) is 12.2 Å². The van der Waals surface area contributed by atoms with Crippen LogP contribution in [-0.4, -0.2) is 49.0 Å². The fraction of sp³-hybridized carbons (Fsp3) is 0.321. The molecule has 0 radical (unpaired) electrons. The molecule has 3 rings (SSSR count). The van der Waals surface area contributed by atoms with E-state index in [-0.39, 0.29) is 11.1 Å². The molecular formula is C28H30F2O6. The van der Waals surface area contributed by atoms with Crippen molar-refractivity contribution in [1.29, 1.82) is 0 Å². The largest absolute Gasteiger partial charge is 0.467 e. The van der Waals surface area contributed by atoms with E-state index in [0.717, 1.165) is 7.11 Å². The molecule has 1 N–H and O–H groups in total. The van der Waals surface area contributed by atoms with E-state index in [2.05, 4.69) is 4.74 Å². The van der Waals surface area contributed by atoms with Gasteiger partial charge in [-0.2, -0.15) is 0 Å². The molecule has 0 aromatic heterocycles. The van der Waals surface area contributed by atoms with Gasteiger partial charge >= 0.3 is 11.9 Å². The molecule has 0 heterocycles. The number of halogens is 2. The molecule has 6 atom stereocenters. The van der Waals surface area contributed by atoms with Crippen LogP contribution < -0.4 is 0 Å². The highest BCUT2D eigenvalue weighted by molar-refractivity contribution is 5.75. The molecule has 0 aliphatic carbocycles. The highest BCUT2D eigenvalue weighted by Gasteiger charge is 2.54.